The molecule has 2 aromatic heterocycles. The van der Waals surface area contributed by atoms with Crippen molar-refractivity contribution in [2.75, 3.05) is 18.0 Å². The summed E-state index contributed by atoms with van der Waals surface area (Å²) in [6.45, 7) is 5.57. The molecule has 0 amide bonds. The molecule has 1 aliphatic heterocycles. The van der Waals surface area contributed by atoms with Gasteiger partial charge in [-0.3, -0.25) is 0 Å². The van der Waals surface area contributed by atoms with Crippen molar-refractivity contribution in [1.82, 2.24) is 19.5 Å². The van der Waals surface area contributed by atoms with Crippen LogP contribution in [0.3, 0.4) is 0 Å². The van der Waals surface area contributed by atoms with E-state index in [1.807, 2.05) is 17.8 Å². The maximum atomic E-state index is 13.4. The van der Waals surface area contributed by atoms with Crippen molar-refractivity contribution in [2.24, 2.45) is 7.05 Å². The number of ether oxygens (including phenoxy) is 1. The van der Waals surface area contributed by atoms with E-state index in [0.717, 1.165) is 35.7 Å². The summed E-state index contributed by atoms with van der Waals surface area (Å²) in [7, 11) is 1.93. The summed E-state index contributed by atoms with van der Waals surface area (Å²) < 4.78 is 21.1. The van der Waals surface area contributed by atoms with Gasteiger partial charge in [-0.1, -0.05) is 12.1 Å². The fourth-order valence-electron chi connectivity index (χ4n) is 3.47. The van der Waals surface area contributed by atoms with Crippen LogP contribution in [-0.4, -0.2) is 44.8 Å². The van der Waals surface area contributed by atoms with Gasteiger partial charge in [-0.2, -0.15) is 0 Å². The Hall–Kier alpha value is -2.80. The molecule has 0 saturated carbocycles. The number of benzene rings is 1. The van der Waals surface area contributed by atoms with Crippen LogP contribution >= 0.6 is 0 Å². The van der Waals surface area contributed by atoms with Crippen LogP contribution in [0.2, 0.25) is 0 Å². The highest BCUT2D eigenvalue weighted by Crippen LogP contribution is 2.31. The number of imidazole rings is 1. The van der Waals surface area contributed by atoms with Gasteiger partial charge >= 0.3 is 0 Å². The summed E-state index contributed by atoms with van der Waals surface area (Å²) in [5.41, 5.74) is 2.40. The number of aryl methyl sites for hydroxylation is 1. The van der Waals surface area contributed by atoms with Gasteiger partial charge in [0, 0.05) is 44.3 Å². The van der Waals surface area contributed by atoms with Crippen LogP contribution in [0.15, 0.2) is 42.9 Å². The van der Waals surface area contributed by atoms with E-state index in [2.05, 4.69) is 28.7 Å². The Morgan fingerprint density at radius 1 is 1.07 bits per heavy atom. The fourth-order valence-corrected chi connectivity index (χ4v) is 3.47. The van der Waals surface area contributed by atoms with Gasteiger partial charge in [0.15, 0.2) is 5.82 Å². The van der Waals surface area contributed by atoms with E-state index in [0.29, 0.717) is 5.95 Å². The van der Waals surface area contributed by atoms with Crippen LogP contribution in [0, 0.1) is 5.82 Å². The molecule has 4 rings (SSSR count). The van der Waals surface area contributed by atoms with Crippen molar-refractivity contribution in [2.45, 2.75) is 26.1 Å². The summed E-state index contributed by atoms with van der Waals surface area (Å²) in [4.78, 5) is 16.0. The first-order chi connectivity index (χ1) is 13.0. The topological polar surface area (TPSA) is 56.1 Å². The lowest BCUT2D eigenvalue weighted by Crippen LogP contribution is -2.46. The van der Waals surface area contributed by atoms with Crippen LogP contribution in [0.1, 0.15) is 13.8 Å². The van der Waals surface area contributed by atoms with Crippen molar-refractivity contribution in [3.05, 3.63) is 48.7 Å². The zero-order chi connectivity index (χ0) is 19.0. The highest BCUT2D eigenvalue weighted by atomic mass is 19.1. The lowest BCUT2D eigenvalue weighted by molar-refractivity contribution is -0.00571. The third-order valence-corrected chi connectivity index (χ3v) is 4.67. The first kappa shape index (κ1) is 17.6. The van der Waals surface area contributed by atoms with Crippen LogP contribution in [0.5, 0.6) is 0 Å². The number of halogens is 1. The predicted molar refractivity (Wildman–Crippen MR) is 102 cm³/mol. The van der Waals surface area contributed by atoms with Crippen molar-refractivity contribution >= 4 is 5.95 Å². The van der Waals surface area contributed by atoms with E-state index in [1.165, 1.54) is 12.1 Å². The monoisotopic (exact) mass is 367 g/mol. The zero-order valence-electron chi connectivity index (χ0n) is 15.6. The Morgan fingerprint density at radius 2 is 1.78 bits per heavy atom. The van der Waals surface area contributed by atoms with Crippen molar-refractivity contribution in [3.63, 3.8) is 0 Å². The van der Waals surface area contributed by atoms with Gasteiger partial charge in [0.25, 0.3) is 0 Å². The van der Waals surface area contributed by atoms with Crippen molar-refractivity contribution in [1.29, 1.82) is 0 Å². The molecule has 0 aliphatic carbocycles. The van der Waals surface area contributed by atoms with Gasteiger partial charge in [0.1, 0.15) is 11.5 Å². The van der Waals surface area contributed by atoms with Gasteiger partial charge in [-0.15, -0.1) is 0 Å². The van der Waals surface area contributed by atoms with Gasteiger partial charge < -0.3 is 14.2 Å². The number of nitrogens with zero attached hydrogens (tertiary/aromatic N) is 5. The minimum Gasteiger partial charge on any atom is -0.372 e. The molecule has 0 bridgehead atoms. The molecule has 0 N–H and O–H groups in total. The van der Waals surface area contributed by atoms with E-state index in [4.69, 9.17) is 9.72 Å². The molecule has 1 aromatic carbocycles. The SMILES string of the molecule is CC1CN(c2ncc(-c3ccc(F)cc3)c(-c3nccn3C)n2)CC(C)O1. The molecule has 27 heavy (non-hydrogen) atoms. The summed E-state index contributed by atoms with van der Waals surface area (Å²) in [6.07, 6.45) is 5.65. The highest BCUT2D eigenvalue weighted by molar-refractivity contribution is 5.78. The van der Waals surface area contributed by atoms with Gasteiger partial charge in [0.2, 0.25) is 5.95 Å². The van der Waals surface area contributed by atoms with Gasteiger partial charge in [0.05, 0.1) is 12.2 Å². The van der Waals surface area contributed by atoms with Crippen LogP contribution in [0.25, 0.3) is 22.6 Å². The number of rotatable bonds is 3. The van der Waals surface area contributed by atoms with E-state index in [-0.39, 0.29) is 18.0 Å². The molecule has 0 spiro atoms. The maximum absolute atomic E-state index is 13.4. The molecule has 1 saturated heterocycles. The molecule has 3 heterocycles. The van der Waals surface area contributed by atoms with Crippen LogP contribution in [-0.2, 0) is 11.8 Å². The second kappa shape index (κ2) is 7.08. The van der Waals surface area contributed by atoms with Crippen LogP contribution < -0.4 is 4.90 Å². The number of hydrogen-bond acceptors (Lipinski definition) is 5. The molecule has 2 atom stereocenters. The number of hydrogen-bond donors (Lipinski definition) is 0. The first-order valence-electron chi connectivity index (χ1n) is 9.02. The lowest BCUT2D eigenvalue weighted by atomic mass is 10.1. The molecule has 3 aromatic rings. The molecular formula is C20H22FN5O. The standard InChI is InChI=1S/C20H22FN5O/c1-13-11-26(12-14(2)27-13)20-23-10-17(15-4-6-16(21)7-5-15)18(24-20)19-22-8-9-25(19)3/h4-10,13-14H,11-12H2,1-3H3. The van der Waals surface area contributed by atoms with Crippen molar-refractivity contribution < 1.29 is 9.13 Å². The van der Waals surface area contributed by atoms with Gasteiger partial charge in [-0.05, 0) is 31.5 Å². The molecule has 0 radical (unpaired) electrons. The van der Waals surface area contributed by atoms with E-state index in [9.17, 15) is 4.39 Å². The second-order valence-electron chi connectivity index (χ2n) is 6.96. The minimum atomic E-state index is -0.272. The summed E-state index contributed by atoms with van der Waals surface area (Å²) in [5, 5.41) is 0. The fraction of sp³-hybridized carbons (Fsp3) is 0.350. The maximum Gasteiger partial charge on any atom is 0.226 e. The summed E-state index contributed by atoms with van der Waals surface area (Å²) >= 11 is 0. The zero-order valence-corrected chi connectivity index (χ0v) is 15.6. The average Bonchev–Trinajstić information content (AvgIpc) is 3.07. The highest BCUT2D eigenvalue weighted by Gasteiger charge is 2.25. The Bertz CT molecular complexity index is 930. The average molecular weight is 367 g/mol. The largest absolute Gasteiger partial charge is 0.372 e. The third-order valence-electron chi connectivity index (χ3n) is 4.67. The molecule has 6 nitrogen and oxygen atoms in total. The van der Waals surface area contributed by atoms with E-state index in [1.54, 1.807) is 24.5 Å². The number of anilines is 1. The molecule has 140 valence electrons. The summed E-state index contributed by atoms with van der Waals surface area (Å²) in [6, 6.07) is 6.35. The predicted octanol–water partition coefficient (Wildman–Crippen LogP) is 3.30. The lowest BCUT2D eigenvalue weighted by Gasteiger charge is -2.35. The smallest absolute Gasteiger partial charge is 0.226 e. The first-order valence-corrected chi connectivity index (χ1v) is 9.02. The van der Waals surface area contributed by atoms with Crippen LogP contribution in [0.4, 0.5) is 10.3 Å². The normalized spacial score (nSPS) is 20.1. The third kappa shape index (κ3) is 3.55. The van der Waals surface area contributed by atoms with E-state index < -0.39 is 0 Å². The second-order valence-corrected chi connectivity index (χ2v) is 6.96. The Balaban J connectivity index is 1.81. The summed E-state index contributed by atoms with van der Waals surface area (Å²) in [5.74, 6) is 1.12. The Kier molecular flexibility index (Phi) is 4.61. The molecule has 2 unspecified atom stereocenters. The molecular weight excluding hydrogens is 345 g/mol. The number of morpholine rings is 1. The minimum absolute atomic E-state index is 0.116. The van der Waals surface area contributed by atoms with Crippen molar-refractivity contribution in [3.8, 4) is 22.6 Å². The van der Waals surface area contributed by atoms with E-state index >= 15 is 0 Å². The Labute approximate surface area is 157 Å². The number of aromatic nitrogens is 4. The van der Waals surface area contributed by atoms with Gasteiger partial charge in [-0.25, -0.2) is 19.3 Å². The molecule has 1 fully saturated rings. The Morgan fingerprint density at radius 3 is 2.41 bits per heavy atom. The quantitative estimate of drug-likeness (QED) is 0.711. The molecule has 7 heteroatoms. The molecule has 1 aliphatic rings.